The van der Waals surface area contributed by atoms with Gasteiger partial charge in [-0.05, 0) is 105 Å². The van der Waals surface area contributed by atoms with Gasteiger partial charge in [0.2, 0.25) is 10.0 Å². The number of amides is 1. The van der Waals surface area contributed by atoms with Crippen LogP contribution in [0, 0.1) is 0 Å². The molecule has 11 nitrogen and oxygen atoms in total. The van der Waals surface area contributed by atoms with Crippen LogP contribution in [-0.4, -0.2) is 87.2 Å². The summed E-state index contributed by atoms with van der Waals surface area (Å²) in [5, 5.41) is 1.09. The summed E-state index contributed by atoms with van der Waals surface area (Å²) in [5.74, 6) is 0.550. The van der Waals surface area contributed by atoms with E-state index in [1.807, 2.05) is 22.5 Å². The van der Waals surface area contributed by atoms with Gasteiger partial charge >= 0.3 is 10.2 Å². The zero-order valence-electron chi connectivity index (χ0n) is 28.8. The second-order valence-electron chi connectivity index (χ2n) is 14.8. The van der Waals surface area contributed by atoms with Crippen LogP contribution in [0.4, 0.5) is 0 Å². The lowest BCUT2D eigenvalue weighted by Crippen LogP contribution is -2.48. The maximum absolute atomic E-state index is 13.8. The summed E-state index contributed by atoms with van der Waals surface area (Å²) in [6.07, 6.45) is 10.8. The van der Waals surface area contributed by atoms with Crippen molar-refractivity contribution in [1.82, 2.24) is 17.9 Å². The van der Waals surface area contributed by atoms with Gasteiger partial charge in [-0.3, -0.25) is 4.79 Å². The first-order chi connectivity index (χ1) is 24.1. The van der Waals surface area contributed by atoms with E-state index < -0.39 is 26.1 Å². The molecular weight excluding hydrogens is 677 g/mol. The van der Waals surface area contributed by atoms with Gasteiger partial charge in [0.25, 0.3) is 5.91 Å². The minimum atomic E-state index is -4.02. The molecule has 0 spiro atoms. The van der Waals surface area contributed by atoms with Crippen molar-refractivity contribution in [3.63, 3.8) is 0 Å². The van der Waals surface area contributed by atoms with Gasteiger partial charge in [0.05, 0.1) is 31.8 Å². The number of rotatable bonds is 9. The summed E-state index contributed by atoms with van der Waals surface area (Å²) in [4.78, 5) is 13.5. The molecule has 4 fully saturated rings. The number of aromatic nitrogens is 1. The first-order valence-electron chi connectivity index (χ1n) is 18.4. The van der Waals surface area contributed by atoms with Crippen molar-refractivity contribution in [3.8, 4) is 17.0 Å². The van der Waals surface area contributed by atoms with Crippen LogP contribution >= 0.6 is 0 Å². The monoisotopic (exact) mass is 724 g/mol. The van der Waals surface area contributed by atoms with E-state index in [1.54, 1.807) is 13.2 Å². The highest BCUT2D eigenvalue weighted by molar-refractivity contribution is 7.89. The van der Waals surface area contributed by atoms with E-state index in [1.165, 1.54) is 16.3 Å². The highest BCUT2D eigenvalue weighted by Crippen LogP contribution is 2.49. The van der Waals surface area contributed by atoms with Crippen LogP contribution in [0.2, 0.25) is 0 Å². The van der Waals surface area contributed by atoms with Crippen LogP contribution in [0.25, 0.3) is 22.2 Å². The van der Waals surface area contributed by atoms with Crippen molar-refractivity contribution >= 4 is 37.0 Å². The number of methoxy groups -OCH3 is 1. The smallest absolute Gasteiger partial charge is 0.304 e. The molecule has 1 atom stereocenters. The maximum atomic E-state index is 13.8. The average Bonchev–Trinajstić information content (AvgIpc) is 3.81. The maximum Gasteiger partial charge on any atom is 0.304 e. The molecule has 13 heteroatoms. The molecular formula is C37H48N4O7S2. The molecule has 3 aromatic rings. The van der Waals surface area contributed by atoms with Gasteiger partial charge in [-0.1, -0.05) is 25.3 Å². The number of carbonyl (C=O) groups is 1. The molecule has 4 aliphatic heterocycles. The Bertz CT molecular complexity index is 1980. The van der Waals surface area contributed by atoms with Gasteiger partial charge in [-0.15, -0.1) is 0 Å². The third-order valence-corrected chi connectivity index (χ3v) is 15.5. The van der Waals surface area contributed by atoms with Gasteiger partial charge in [-0.2, -0.15) is 17.0 Å². The third kappa shape index (κ3) is 6.16. The largest absolute Gasteiger partial charge is 0.497 e. The third-order valence-electron chi connectivity index (χ3n) is 12.0. The Morgan fingerprint density at radius 3 is 2.30 bits per heavy atom. The van der Waals surface area contributed by atoms with Crippen molar-refractivity contribution in [1.29, 1.82) is 0 Å². The lowest BCUT2D eigenvalue weighted by molar-refractivity contribution is 0.0719. The van der Waals surface area contributed by atoms with Gasteiger partial charge in [0.1, 0.15) is 5.75 Å². The Morgan fingerprint density at radius 2 is 1.60 bits per heavy atom. The Hall–Kier alpha value is -2.97. The van der Waals surface area contributed by atoms with Crippen LogP contribution < -0.4 is 9.46 Å². The van der Waals surface area contributed by atoms with Crippen molar-refractivity contribution in [3.05, 3.63) is 53.1 Å². The molecule has 0 radical (unpaired) electrons. The summed E-state index contributed by atoms with van der Waals surface area (Å²) in [5.41, 5.74) is 5.79. The molecule has 2 bridgehead atoms. The molecule has 1 aromatic heterocycles. The van der Waals surface area contributed by atoms with E-state index in [0.29, 0.717) is 32.1 Å². The molecule has 2 aromatic carbocycles. The molecule has 3 saturated heterocycles. The number of sulfonamides is 1. The molecule has 8 rings (SSSR count). The Kier molecular flexibility index (Phi) is 9.24. The van der Waals surface area contributed by atoms with E-state index in [-0.39, 0.29) is 42.4 Å². The van der Waals surface area contributed by atoms with Crippen LogP contribution in [0.1, 0.15) is 104 Å². The summed E-state index contributed by atoms with van der Waals surface area (Å²) in [6, 6.07) is 12.1. The quantitative estimate of drug-likeness (QED) is 0.309. The minimum Gasteiger partial charge on any atom is -0.497 e. The fraction of sp³-hybridized carbons (Fsp3) is 0.595. The zero-order chi connectivity index (χ0) is 34.6. The Labute approximate surface area is 295 Å². The van der Waals surface area contributed by atoms with E-state index in [2.05, 4.69) is 21.4 Å². The van der Waals surface area contributed by atoms with Gasteiger partial charge < -0.3 is 14.0 Å². The predicted octanol–water partition coefficient (Wildman–Crippen LogP) is 5.51. The van der Waals surface area contributed by atoms with Gasteiger partial charge in [-0.25, -0.2) is 13.1 Å². The number of carbonyl (C=O) groups excluding carboxylic acids is 1. The van der Waals surface area contributed by atoms with Crippen molar-refractivity contribution in [2.45, 2.75) is 101 Å². The number of nitrogens with one attached hydrogen (secondary N) is 1. The Morgan fingerprint density at radius 1 is 0.880 bits per heavy atom. The highest BCUT2D eigenvalue weighted by Gasteiger charge is 2.46. The SMILES string of the molecule is COc1ccc2c(c1)C(CCS(=O)(=O)N1C3CCC1CC3)CCn1c-2c(C2CCCCC2)c2ccc(C(=O)NS(=O)(=O)N3CCOCC3)cc21. The predicted molar refractivity (Wildman–Crippen MR) is 192 cm³/mol. The number of fused-ring (bicyclic) bond motifs is 7. The number of nitrogens with zero attached hydrogens (tertiary/aromatic N) is 3. The van der Waals surface area contributed by atoms with Crippen LogP contribution in [0.5, 0.6) is 5.75 Å². The van der Waals surface area contributed by atoms with Crippen molar-refractivity contribution in [2.75, 3.05) is 39.2 Å². The minimum absolute atomic E-state index is 0.00515. The van der Waals surface area contributed by atoms with Crippen molar-refractivity contribution in [2.24, 2.45) is 0 Å². The normalized spacial score (nSPS) is 24.9. The lowest BCUT2D eigenvalue weighted by atomic mass is 9.80. The van der Waals surface area contributed by atoms with Gasteiger partial charge in [0.15, 0.2) is 0 Å². The number of morpholine rings is 1. The van der Waals surface area contributed by atoms with Crippen LogP contribution in [-0.2, 0) is 31.5 Å². The summed E-state index contributed by atoms with van der Waals surface area (Å²) < 4.78 is 72.4. The first kappa shape index (κ1) is 34.1. The topological polar surface area (TPSA) is 127 Å². The van der Waals surface area contributed by atoms with Gasteiger partial charge in [0, 0.05) is 53.7 Å². The van der Waals surface area contributed by atoms with E-state index in [9.17, 15) is 21.6 Å². The number of hydrogen-bond acceptors (Lipinski definition) is 7. The average molecular weight is 725 g/mol. The molecule has 5 heterocycles. The van der Waals surface area contributed by atoms with Crippen LogP contribution in [0.3, 0.4) is 0 Å². The molecule has 1 saturated carbocycles. The van der Waals surface area contributed by atoms with E-state index >= 15 is 0 Å². The fourth-order valence-corrected chi connectivity index (χ4v) is 12.8. The second kappa shape index (κ2) is 13.5. The molecule has 1 amide bonds. The van der Waals surface area contributed by atoms with Crippen molar-refractivity contribution < 1.29 is 31.1 Å². The number of benzene rings is 2. The van der Waals surface area contributed by atoms with Crippen LogP contribution in [0.15, 0.2) is 36.4 Å². The molecule has 1 aliphatic carbocycles. The zero-order valence-corrected chi connectivity index (χ0v) is 30.4. The molecule has 270 valence electrons. The fourth-order valence-electron chi connectivity index (χ4n) is 9.55. The molecule has 50 heavy (non-hydrogen) atoms. The molecule has 5 aliphatic rings. The summed E-state index contributed by atoms with van der Waals surface area (Å²) in [7, 11) is -5.74. The Balaban J connectivity index is 1.18. The second-order valence-corrected chi connectivity index (χ2v) is 18.4. The molecule has 1 unspecified atom stereocenters. The number of aryl methyl sites for hydroxylation is 1. The summed E-state index contributed by atoms with van der Waals surface area (Å²) >= 11 is 0. The summed E-state index contributed by atoms with van der Waals surface area (Å²) in [6.45, 7) is 1.63. The first-order valence-corrected chi connectivity index (χ1v) is 21.4. The van der Waals surface area contributed by atoms with E-state index in [4.69, 9.17) is 9.47 Å². The standard InChI is InChI=1S/C37H48N4O7S2/c1-47-30-12-14-31-33(24-30)25(16-22-49(43,44)41-28-8-9-29(41)11-10-28)15-17-40-34-23-27(37(42)38-50(45,46)39-18-20-48-21-19-39)7-13-32(34)35(36(31)40)26-5-3-2-4-6-26/h7,12-14,23-26,28-29H,2-6,8-11,15-22H2,1H3,(H,38,42). The number of ether oxygens (including phenoxy) is 2. The highest BCUT2D eigenvalue weighted by atomic mass is 32.2. The molecule has 1 N–H and O–H groups in total. The van der Waals surface area contributed by atoms with E-state index in [0.717, 1.165) is 91.3 Å². The lowest BCUT2D eigenvalue weighted by Gasteiger charge is -2.26. The number of hydrogen-bond donors (Lipinski definition) is 1.